The SMILES string of the molecule is CCCc1ccccc1-c1ccc(CO)o1. The van der Waals surface area contributed by atoms with E-state index in [2.05, 4.69) is 19.1 Å². The molecule has 0 aliphatic rings. The fourth-order valence-corrected chi connectivity index (χ4v) is 1.86. The van der Waals surface area contributed by atoms with Gasteiger partial charge in [0.1, 0.15) is 18.1 Å². The van der Waals surface area contributed by atoms with Gasteiger partial charge in [-0.2, -0.15) is 0 Å². The van der Waals surface area contributed by atoms with Crippen molar-refractivity contribution in [2.24, 2.45) is 0 Å². The van der Waals surface area contributed by atoms with Gasteiger partial charge in [0, 0.05) is 5.56 Å². The highest BCUT2D eigenvalue weighted by Crippen LogP contribution is 2.26. The second kappa shape index (κ2) is 4.99. The first kappa shape index (κ1) is 11.0. The molecule has 1 N–H and O–H groups in total. The summed E-state index contributed by atoms with van der Waals surface area (Å²) in [5, 5.41) is 8.98. The number of aryl methyl sites for hydroxylation is 1. The molecule has 0 radical (unpaired) electrons. The van der Waals surface area contributed by atoms with Crippen LogP contribution in [0.1, 0.15) is 24.7 Å². The van der Waals surface area contributed by atoms with Gasteiger partial charge in [-0.1, -0.05) is 37.6 Å². The maximum absolute atomic E-state index is 8.98. The molecule has 0 atom stereocenters. The van der Waals surface area contributed by atoms with Crippen LogP contribution in [0.4, 0.5) is 0 Å². The Kier molecular flexibility index (Phi) is 3.42. The molecule has 84 valence electrons. The standard InChI is InChI=1S/C14H16O2/c1-2-5-11-6-3-4-7-13(11)14-9-8-12(10-15)16-14/h3-4,6-9,15H,2,5,10H2,1H3. The van der Waals surface area contributed by atoms with Gasteiger partial charge in [0.05, 0.1) is 0 Å². The maximum Gasteiger partial charge on any atom is 0.134 e. The highest BCUT2D eigenvalue weighted by atomic mass is 16.4. The lowest BCUT2D eigenvalue weighted by Gasteiger charge is -2.05. The third kappa shape index (κ3) is 2.17. The molecule has 1 aromatic carbocycles. The average Bonchev–Trinajstić information content (AvgIpc) is 2.79. The molecule has 1 heterocycles. The summed E-state index contributed by atoms with van der Waals surface area (Å²) in [4.78, 5) is 0. The van der Waals surface area contributed by atoms with E-state index >= 15 is 0 Å². The lowest BCUT2D eigenvalue weighted by atomic mass is 10.0. The highest BCUT2D eigenvalue weighted by Gasteiger charge is 2.07. The van der Waals surface area contributed by atoms with Crippen molar-refractivity contribution in [1.82, 2.24) is 0 Å². The second-order valence-electron chi connectivity index (χ2n) is 3.83. The first-order chi connectivity index (χ1) is 7.85. The summed E-state index contributed by atoms with van der Waals surface area (Å²) in [6.45, 7) is 2.12. The van der Waals surface area contributed by atoms with Crippen LogP contribution in [0.15, 0.2) is 40.8 Å². The van der Waals surface area contributed by atoms with Gasteiger partial charge in [-0.15, -0.1) is 0 Å². The molecule has 0 saturated heterocycles. The topological polar surface area (TPSA) is 33.4 Å². The van der Waals surface area contributed by atoms with Crippen molar-refractivity contribution >= 4 is 0 Å². The third-order valence-electron chi connectivity index (χ3n) is 2.62. The number of furan rings is 1. The summed E-state index contributed by atoms with van der Waals surface area (Å²) in [6.07, 6.45) is 2.16. The Hall–Kier alpha value is -1.54. The minimum absolute atomic E-state index is 0.0457. The van der Waals surface area contributed by atoms with Gasteiger partial charge in [0.2, 0.25) is 0 Å². The van der Waals surface area contributed by atoms with Crippen molar-refractivity contribution in [3.05, 3.63) is 47.7 Å². The van der Waals surface area contributed by atoms with Crippen LogP contribution >= 0.6 is 0 Å². The van der Waals surface area contributed by atoms with E-state index in [0.717, 1.165) is 24.2 Å². The molecule has 0 aliphatic carbocycles. The van der Waals surface area contributed by atoms with Crippen LogP contribution < -0.4 is 0 Å². The lowest BCUT2D eigenvalue weighted by molar-refractivity contribution is 0.248. The molecule has 0 fully saturated rings. The van der Waals surface area contributed by atoms with Crippen molar-refractivity contribution in [3.63, 3.8) is 0 Å². The van der Waals surface area contributed by atoms with E-state index in [0.29, 0.717) is 5.76 Å². The first-order valence-corrected chi connectivity index (χ1v) is 5.63. The molecule has 0 spiro atoms. The van der Waals surface area contributed by atoms with Crippen LogP contribution in [0.5, 0.6) is 0 Å². The number of aliphatic hydroxyl groups is 1. The molecule has 2 aromatic rings. The fourth-order valence-electron chi connectivity index (χ4n) is 1.86. The molecular weight excluding hydrogens is 200 g/mol. The average molecular weight is 216 g/mol. The Morgan fingerprint density at radius 3 is 2.62 bits per heavy atom. The summed E-state index contributed by atoms with van der Waals surface area (Å²) in [7, 11) is 0. The smallest absolute Gasteiger partial charge is 0.134 e. The van der Waals surface area contributed by atoms with Gasteiger partial charge < -0.3 is 9.52 Å². The molecule has 0 bridgehead atoms. The van der Waals surface area contributed by atoms with E-state index in [9.17, 15) is 0 Å². The number of rotatable bonds is 4. The van der Waals surface area contributed by atoms with Crippen molar-refractivity contribution in [2.75, 3.05) is 0 Å². The Morgan fingerprint density at radius 2 is 1.94 bits per heavy atom. The highest BCUT2D eigenvalue weighted by molar-refractivity contribution is 5.62. The van der Waals surface area contributed by atoms with Crippen molar-refractivity contribution in [1.29, 1.82) is 0 Å². The molecule has 0 unspecified atom stereocenters. The van der Waals surface area contributed by atoms with Crippen LogP contribution in [0.3, 0.4) is 0 Å². The lowest BCUT2D eigenvalue weighted by Crippen LogP contribution is -1.87. The Labute approximate surface area is 95.5 Å². The van der Waals surface area contributed by atoms with Crippen molar-refractivity contribution in [2.45, 2.75) is 26.4 Å². The molecular formula is C14H16O2. The minimum atomic E-state index is -0.0457. The Balaban J connectivity index is 2.38. The molecule has 16 heavy (non-hydrogen) atoms. The predicted molar refractivity (Wildman–Crippen MR) is 64.1 cm³/mol. The van der Waals surface area contributed by atoms with E-state index in [-0.39, 0.29) is 6.61 Å². The number of hydrogen-bond acceptors (Lipinski definition) is 2. The van der Waals surface area contributed by atoms with Gasteiger partial charge in [0.15, 0.2) is 0 Å². The zero-order valence-corrected chi connectivity index (χ0v) is 9.44. The predicted octanol–water partition coefficient (Wildman–Crippen LogP) is 3.39. The zero-order valence-electron chi connectivity index (χ0n) is 9.44. The van der Waals surface area contributed by atoms with Gasteiger partial charge in [-0.3, -0.25) is 0 Å². The minimum Gasteiger partial charge on any atom is -0.459 e. The van der Waals surface area contributed by atoms with Gasteiger partial charge in [-0.25, -0.2) is 0 Å². The Bertz CT molecular complexity index is 457. The first-order valence-electron chi connectivity index (χ1n) is 5.63. The molecule has 2 rings (SSSR count). The molecule has 2 heteroatoms. The van der Waals surface area contributed by atoms with E-state index in [4.69, 9.17) is 9.52 Å². The number of aliphatic hydroxyl groups excluding tert-OH is 1. The molecule has 2 nitrogen and oxygen atoms in total. The fraction of sp³-hybridized carbons (Fsp3) is 0.286. The van der Waals surface area contributed by atoms with E-state index in [1.807, 2.05) is 24.3 Å². The molecule has 0 saturated carbocycles. The number of benzene rings is 1. The summed E-state index contributed by atoms with van der Waals surface area (Å²) < 4.78 is 5.56. The quantitative estimate of drug-likeness (QED) is 0.849. The maximum atomic E-state index is 8.98. The summed E-state index contributed by atoms with van der Waals surface area (Å²) in [6, 6.07) is 12.0. The molecule has 0 aliphatic heterocycles. The van der Waals surface area contributed by atoms with Crippen molar-refractivity contribution < 1.29 is 9.52 Å². The van der Waals surface area contributed by atoms with Gasteiger partial charge in [0.25, 0.3) is 0 Å². The van der Waals surface area contributed by atoms with Crippen LogP contribution in [0.25, 0.3) is 11.3 Å². The van der Waals surface area contributed by atoms with Crippen molar-refractivity contribution in [3.8, 4) is 11.3 Å². The number of hydrogen-bond donors (Lipinski definition) is 1. The summed E-state index contributed by atoms with van der Waals surface area (Å²) in [5.74, 6) is 1.45. The summed E-state index contributed by atoms with van der Waals surface area (Å²) in [5.41, 5.74) is 2.42. The Morgan fingerprint density at radius 1 is 1.12 bits per heavy atom. The zero-order chi connectivity index (χ0) is 11.4. The summed E-state index contributed by atoms with van der Waals surface area (Å²) >= 11 is 0. The third-order valence-corrected chi connectivity index (χ3v) is 2.62. The second-order valence-corrected chi connectivity index (χ2v) is 3.83. The monoisotopic (exact) mass is 216 g/mol. The van der Waals surface area contributed by atoms with Gasteiger partial charge in [-0.05, 0) is 24.1 Å². The van der Waals surface area contributed by atoms with Crippen LogP contribution in [0, 0.1) is 0 Å². The van der Waals surface area contributed by atoms with Gasteiger partial charge >= 0.3 is 0 Å². The largest absolute Gasteiger partial charge is 0.459 e. The molecule has 1 aromatic heterocycles. The normalized spacial score (nSPS) is 10.6. The van der Waals surface area contributed by atoms with E-state index in [1.54, 1.807) is 0 Å². The molecule has 0 amide bonds. The van der Waals surface area contributed by atoms with Crippen LogP contribution in [-0.4, -0.2) is 5.11 Å². The van der Waals surface area contributed by atoms with E-state index in [1.165, 1.54) is 5.56 Å². The van der Waals surface area contributed by atoms with Crippen LogP contribution in [-0.2, 0) is 13.0 Å². The van der Waals surface area contributed by atoms with Crippen LogP contribution in [0.2, 0.25) is 0 Å². The van der Waals surface area contributed by atoms with E-state index < -0.39 is 0 Å².